The second-order valence-electron chi connectivity index (χ2n) is 4.72. The number of rotatable bonds is 1. The van der Waals surface area contributed by atoms with Gasteiger partial charge in [0.05, 0.1) is 5.69 Å². The van der Waals surface area contributed by atoms with Crippen LogP contribution in [0.15, 0.2) is 22.9 Å². The van der Waals surface area contributed by atoms with Gasteiger partial charge in [0.1, 0.15) is 5.65 Å². The summed E-state index contributed by atoms with van der Waals surface area (Å²) < 4.78 is 3.26. The van der Waals surface area contributed by atoms with Crippen molar-refractivity contribution in [2.24, 2.45) is 0 Å². The summed E-state index contributed by atoms with van der Waals surface area (Å²) in [7, 11) is 0. The zero-order valence-corrected chi connectivity index (χ0v) is 11.0. The number of aryl methyl sites for hydroxylation is 1. The minimum absolute atomic E-state index is 0.693. The molecule has 0 unspecified atom stereocenters. The molecule has 0 bridgehead atoms. The molecule has 1 fully saturated rings. The van der Waals surface area contributed by atoms with Crippen LogP contribution < -0.4 is 0 Å². The minimum atomic E-state index is 0.693. The maximum absolute atomic E-state index is 4.78. The molecule has 0 radical (unpaired) electrons. The molecule has 0 aromatic carbocycles. The molecule has 0 atom stereocenters. The van der Waals surface area contributed by atoms with Crippen LogP contribution in [0.5, 0.6) is 0 Å². The van der Waals surface area contributed by atoms with Crippen LogP contribution in [0.3, 0.4) is 0 Å². The van der Waals surface area contributed by atoms with Crippen molar-refractivity contribution < 1.29 is 0 Å². The molecule has 0 amide bonds. The van der Waals surface area contributed by atoms with E-state index in [4.69, 9.17) is 4.98 Å². The van der Waals surface area contributed by atoms with E-state index in [1.165, 1.54) is 36.9 Å². The van der Waals surface area contributed by atoms with Gasteiger partial charge in [-0.25, -0.2) is 4.98 Å². The van der Waals surface area contributed by atoms with Crippen molar-refractivity contribution >= 4 is 21.6 Å². The Bertz CT molecular complexity index is 524. The maximum atomic E-state index is 4.78. The summed E-state index contributed by atoms with van der Waals surface area (Å²) in [5.41, 5.74) is 3.61. The van der Waals surface area contributed by atoms with Crippen LogP contribution in [-0.2, 0) is 0 Å². The first-order valence-electron chi connectivity index (χ1n) is 5.89. The van der Waals surface area contributed by atoms with E-state index in [-0.39, 0.29) is 0 Å². The molecule has 2 aromatic rings. The number of aromatic nitrogens is 2. The predicted octanol–water partition coefficient (Wildman–Crippen LogP) is 4.06. The van der Waals surface area contributed by atoms with Gasteiger partial charge in [0.2, 0.25) is 0 Å². The van der Waals surface area contributed by atoms with E-state index in [0.29, 0.717) is 5.92 Å². The number of hydrogen-bond acceptors (Lipinski definition) is 1. The van der Waals surface area contributed by atoms with E-state index in [1.807, 2.05) is 0 Å². The van der Waals surface area contributed by atoms with Crippen LogP contribution in [0, 0.1) is 6.92 Å². The Morgan fingerprint density at radius 1 is 1.31 bits per heavy atom. The highest BCUT2D eigenvalue weighted by Crippen LogP contribution is 2.34. The molecule has 1 aliphatic rings. The number of imidazole rings is 1. The third-order valence-electron chi connectivity index (χ3n) is 3.49. The molecule has 2 aromatic heterocycles. The Morgan fingerprint density at radius 3 is 2.81 bits per heavy atom. The van der Waals surface area contributed by atoms with E-state index < -0.39 is 0 Å². The number of nitrogens with zero attached hydrogens (tertiary/aromatic N) is 2. The fourth-order valence-electron chi connectivity index (χ4n) is 2.66. The van der Waals surface area contributed by atoms with Gasteiger partial charge in [0.15, 0.2) is 0 Å². The number of halogens is 1. The van der Waals surface area contributed by atoms with Gasteiger partial charge >= 0.3 is 0 Å². The Balaban J connectivity index is 2.11. The van der Waals surface area contributed by atoms with E-state index in [1.54, 1.807) is 0 Å². The first kappa shape index (κ1) is 10.3. The summed E-state index contributed by atoms with van der Waals surface area (Å²) in [4.78, 5) is 4.78. The molecule has 16 heavy (non-hydrogen) atoms. The Morgan fingerprint density at radius 2 is 2.06 bits per heavy atom. The fraction of sp³-hybridized carbons (Fsp3) is 0.462. The molecule has 3 heteroatoms. The summed E-state index contributed by atoms with van der Waals surface area (Å²) in [6.07, 6.45) is 9.63. The Kier molecular flexibility index (Phi) is 2.51. The molecule has 2 nitrogen and oxygen atoms in total. The molecule has 0 saturated heterocycles. The van der Waals surface area contributed by atoms with Gasteiger partial charge in [0.25, 0.3) is 0 Å². The highest BCUT2D eigenvalue weighted by Gasteiger charge is 2.20. The average Bonchev–Trinajstić information content (AvgIpc) is 2.82. The topological polar surface area (TPSA) is 17.3 Å². The van der Waals surface area contributed by atoms with Crippen LogP contribution in [0.25, 0.3) is 5.65 Å². The van der Waals surface area contributed by atoms with Crippen molar-refractivity contribution in [3.63, 3.8) is 0 Å². The van der Waals surface area contributed by atoms with Gasteiger partial charge in [0, 0.05) is 22.8 Å². The lowest BCUT2D eigenvalue weighted by Gasteiger charge is -2.02. The molecule has 3 rings (SSSR count). The van der Waals surface area contributed by atoms with Crippen molar-refractivity contribution in [2.45, 2.75) is 38.5 Å². The Labute approximate surface area is 104 Å². The Hall–Kier alpha value is -0.830. The number of pyridine rings is 1. The molecule has 0 N–H and O–H groups in total. The highest BCUT2D eigenvalue weighted by molar-refractivity contribution is 9.10. The average molecular weight is 279 g/mol. The first-order chi connectivity index (χ1) is 7.74. The van der Waals surface area contributed by atoms with Gasteiger partial charge in [-0.3, -0.25) is 0 Å². The number of hydrogen-bond donors (Lipinski definition) is 0. The SMILES string of the molecule is Cc1cc(Br)cn2cc(C3CCCC3)nc12. The van der Waals surface area contributed by atoms with Crippen molar-refractivity contribution in [1.82, 2.24) is 9.38 Å². The van der Waals surface area contributed by atoms with Gasteiger partial charge < -0.3 is 4.40 Å². The summed E-state index contributed by atoms with van der Waals surface area (Å²) >= 11 is 3.53. The van der Waals surface area contributed by atoms with Crippen molar-refractivity contribution in [2.75, 3.05) is 0 Å². The molecule has 84 valence electrons. The van der Waals surface area contributed by atoms with Gasteiger partial charge in [-0.1, -0.05) is 12.8 Å². The molecular formula is C13H15BrN2. The summed E-state index contributed by atoms with van der Waals surface area (Å²) in [5.74, 6) is 0.693. The maximum Gasteiger partial charge on any atom is 0.140 e. The lowest BCUT2D eigenvalue weighted by atomic mass is 10.1. The van der Waals surface area contributed by atoms with Crippen molar-refractivity contribution in [3.8, 4) is 0 Å². The minimum Gasteiger partial charge on any atom is -0.305 e. The van der Waals surface area contributed by atoms with Gasteiger partial charge in [-0.05, 0) is 47.3 Å². The van der Waals surface area contributed by atoms with Crippen LogP contribution in [0.2, 0.25) is 0 Å². The molecular weight excluding hydrogens is 264 g/mol. The van der Waals surface area contributed by atoms with E-state index in [9.17, 15) is 0 Å². The third-order valence-corrected chi connectivity index (χ3v) is 3.93. The third kappa shape index (κ3) is 1.67. The fourth-order valence-corrected chi connectivity index (χ4v) is 3.23. The van der Waals surface area contributed by atoms with Crippen molar-refractivity contribution in [3.05, 3.63) is 34.2 Å². The van der Waals surface area contributed by atoms with Crippen LogP contribution >= 0.6 is 15.9 Å². The van der Waals surface area contributed by atoms with Crippen LogP contribution in [-0.4, -0.2) is 9.38 Å². The molecule has 2 heterocycles. The summed E-state index contributed by atoms with van der Waals surface area (Å²) in [6, 6.07) is 2.13. The number of fused-ring (bicyclic) bond motifs is 1. The molecule has 0 aliphatic heterocycles. The van der Waals surface area contributed by atoms with Gasteiger partial charge in [-0.2, -0.15) is 0 Å². The molecule has 0 spiro atoms. The molecule has 1 aliphatic carbocycles. The second-order valence-corrected chi connectivity index (χ2v) is 5.64. The summed E-state index contributed by atoms with van der Waals surface area (Å²) in [6.45, 7) is 2.12. The van der Waals surface area contributed by atoms with Gasteiger partial charge in [-0.15, -0.1) is 0 Å². The van der Waals surface area contributed by atoms with Crippen LogP contribution in [0.1, 0.15) is 42.9 Å². The standard InChI is InChI=1S/C13H15BrN2/c1-9-6-11(14)7-16-8-12(15-13(9)16)10-4-2-3-5-10/h6-8,10H,2-5H2,1H3. The lowest BCUT2D eigenvalue weighted by Crippen LogP contribution is -1.91. The van der Waals surface area contributed by atoms with E-state index in [2.05, 4.69) is 45.7 Å². The zero-order chi connectivity index (χ0) is 11.1. The van der Waals surface area contributed by atoms with Crippen LogP contribution in [0.4, 0.5) is 0 Å². The first-order valence-corrected chi connectivity index (χ1v) is 6.68. The lowest BCUT2D eigenvalue weighted by molar-refractivity contribution is 0.703. The monoisotopic (exact) mass is 278 g/mol. The molecule has 1 saturated carbocycles. The van der Waals surface area contributed by atoms with E-state index in [0.717, 1.165) is 10.1 Å². The second kappa shape index (κ2) is 3.88. The zero-order valence-electron chi connectivity index (χ0n) is 9.41. The quantitative estimate of drug-likeness (QED) is 0.769. The highest BCUT2D eigenvalue weighted by atomic mass is 79.9. The normalized spacial score (nSPS) is 17.4. The van der Waals surface area contributed by atoms with E-state index >= 15 is 0 Å². The van der Waals surface area contributed by atoms with Crippen molar-refractivity contribution in [1.29, 1.82) is 0 Å². The summed E-state index contributed by atoms with van der Waals surface area (Å²) in [5, 5.41) is 0. The smallest absolute Gasteiger partial charge is 0.140 e. The predicted molar refractivity (Wildman–Crippen MR) is 68.8 cm³/mol. The largest absolute Gasteiger partial charge is 0.305 e.